The molecule has 1 aliphatic rings. The normalized spacial score (nSPS) is 17.9. The second kappa shape index (κ2) is 8.72. The maximum Gasteiger partial charge on any atom is 0.186 e. The number of hydrogen-bond acceptors (Lipinski definition) is 5. The second-order valence-electron chi connectivity index (χ2n) is 7.19. The first kappa shape index (κ1) is 18.3. The first-order valence-electron chi connectivity index (χ1n) is 9.78. The standard InChI is InChI=1S/C22H27N3OS/c1-24(22-23-20-12-5-6-13-21(20)27-22)18-9-7-14-25(17-18)15-8-16-26-19-10-3-2-4-11-19/h2-6,10-13,18H,7-9,14-17H2,1H3. The second-order valence-corrected chi connectivity index (χ2v) is 8.20. The fourth-order valence-electron chi connectivity index (χ4n) is 3.71. The van der Waals surface area contributed by atoms with Crippen molar-refractivity contribution in [1.82, 2.24) is 9.88 Å². The van der Waals surface area contributed by atoms with Gasteiger partial charge in [-0.2, -0.15) is 0 Å². The summed E-state index contributed by atoms with van der Waals surface area (Å²) in [6, 6.07) is 19.0. The van der Waals surface area contributed by atoms with Gasteiger partial charge in [0.15, 0.2) is 5.13 Å². The van der Waals surface area contributed by atoms with Crippen molar-refractivity contribution >= 4 is 26.7 Å². The molecule has 1 aromatic heterocycles. The van der Waals surface area contributed by atoms with Crippen molar-refractivity contribution in [2.75, 3.05) is 38.2 Å². The van der Waals surface area contributed by atoms with E-state index >= 15 is 0 Å². The molecule has 4 rings (SSSR count). The highest BCUT2D eigenvalue weighted by molar-refractivity contribution is 7.22. The molecule has 1 unspecified atom stereocenters. The smallest absolute Gasteiger partial charge is 0.186 e. The number of nitrogens with zero attached hydrogens (tertiary/aromatic N) is 3. The molecule has 5 heteroatoms. The van der Waals surface area contributed by atoms with Crippen LogP contribution in [0.4, 0.5) is 5.13 Å². The Morgan fingerprint density at radius 3 is 2.81 bits per heavy atom. The maximum absolute atomic E-state index is 5.83. The maximum atomic E-state index is 5.83. The summed E-state index contributed by atoms with van der Waals surface area (Å²) >= 11 is 1.80. The molecular weight excluding hydrogens is 354 g/mol. The quantitative estimate of drug-likeness (QED) is 0.556. The minimum atomic E-state index is 0.536. The minimum Gasteiger partial charge on any atom is -0.494 e. The lowest BCUT2D eigenvalue weighted by atomic mass is 10.0. The fourth-order valence-corrected chi connectivity index (χ4v) is 4.71. The predicted molar refractivity (Wildman–Crippen MR) is 114 cm³/mol. The first-order chi connectivity index (χ1) is 13.3. The third-order valence-electron chi connectivity index (χ3n) is 5.24. The number of likely N-dealkylation sites (tertiary alicyclic amines) is 1. The number of likely N-dealkylation sites (N-methyl/N-ethyl adjacent to an activating group) is 1. The van der Waals surface area contributed by atoms with Crippen LogP contribution in [0, 0.1) is 0 Å². The number of anilines is 1. The zero-order valence-corrected chi connectivity index (χ0v) is 16.7. The summed E-state index contributed by atoms with van der Waals surface area (Å²) in [6.45, 7) is 4.17. The molecule has 3 aromatic rings. The molecule has 0 bridgehead atoms. The van der Waals surface area contributed by atoms with Crippen LogP contribution in [0.1, 0.15) is 19.3 Å². The molecule has 1 atom stereocenters. The van der Waals surface area contributed by atoms with Crippen LogP contribution < -0.4 is 9.64 Å². The third-order valence-corrected chi connectivity index (χ3v) is 6.37. The minimum absolute atomic E-state index is 0.536. The lowest BCUT2D eigenvalue weighted by molar-refractivity contribution is 0.188. The van der Waals surface area contributed by atoms with E-state index in [0.717, 1.165) is 42.5 Å². The Morgan fingerprint density at radius 2 is 1.96 bits per heavy atom. The number of benzene rings is 2. The van der Waals surface area contributed by atoms with Crippen LogP contribution >= 0.6 is 11.3 Å². The Hall–Kier alpha value is -2.11. The molecule has 2 aromatic carbocycles. The van der Waals surface area contributed by atoms with Gasteiger partial charge in [0.2, 0.25) is 0 Å². The number of rotatable bonds is 7. The number of aromatic nitrogens is 1. The van der Waals surface area contributed by atoms with Gasteiger partial charge in [-0.1, -0.05) is 41.7 Å². The molecule has 0 aliphatic carbocycles. The summed E-state index contributed by atoms with van der Waals surface area (Å²) in [6.07, 6.45) is 3.55. The van der Waals surface area contributed by atoms with Crippen molar-refractivity contribution in [2.24, 2.45) is 0 Å². The molecule has 142 valence electrons. The zero-order valence-electron chi connectivity index (χ0n) is 15.9. The molecule has 1 aliphatic heterocycles. The summed E-state index contributed by atoms with van der Waals surface area (Å²) in [5.74, 6) is 0.963. The molecule has 0 radical (unpaired) electrons. The van der Waals surface area contributed by atoms with Gasteiger partial charge in [0.1, 0.15) is 5.75 Å². The van der Waals surface area contributed by atoms with Crippen molar-refractivity contribution in [3.63, 3.8) is 0 Å². The Kier molecular flexibility index (Phi) is 5.90. The van der Waals surface area contributed by atoms with Crippen LogP contribution in [-0.4, -0.2) is 49.2 Å². The average Bonchev–Trinajstić information content (AvgIpc) is 3.16. The number of fused-ring (bicyclic) bond motifs is 1. The van der Waals surface area contributed by atoms with Crippen LogP contribution in [0.25, 0.3) is 10.2 Å². The van der Waals surface area contributed by atoms with Gasteiger partial charge in [0, 0.05) is 26.2 Å². The highest BCUT2D eigenvalue weighted by Gasteiger charge is 2.24. The molecule has 0 saturated carbocycles. The van der Waals surface area contributed by atoms with Crippen molar-refractivity contribution in [2.45, 2.75) is 25.3 Å². The average molecular weight is 382 g/mol. The first-order valence-corrected chi connectivity index (χ1v) is 10.6. The molecule has 1 fully saturated rings. The Bertz CT molecular complexity index is 818. The van der Waals surface area contributed by atoms with E-state index in [1.54, 1.807) is 11.3 Å². The van der Waals surface area contributed by atoms with E-state index in [1.807, 2.05) is 30.3 Å². The Labute approximate surface area is 165 Å². The van der Waals surface area contributed by atoms with E-state index in [2.05, 4.69) is 41.1 Å². The summed E-state index contributed by atoms with van der Waals surface area (Å²) in [4.78, 5) is 9.79. The predicted octanol–water partition coefficient (Wildman–Crippen LogP) is 4.67. The summed E-state index contributed by atoms with van der Waals surface area (Å²) in [5, 5.41) is 1.13. The van der Waals surface area contributed by atoms with E-state index < -0.39 is 0 Å². The summed E-state index contributed by atoms with van der Waals surface area (Å²) < 4.78 is 7.10. The zero-order chi connectivity index (χ0) is 18.5. The highest BCUT2D eigenvalue weighted by atomic mass is 32.1. The summed E-state index contributed by atoms with van der Waals surface area (Å²) in [7, 11) is 2.20. The van der Waals surface area contributed by atoms with Crippen LogP contribution in [0.2, 0.25) is 0 Å². The largest absolute Gasteiger partial charge is 0.494 e. The van der Waals surface area contributed by atoms with E-state index in [4.69, 9.17) is 9.72 Å². The van der Waals surface area contributed by atoms with Crippen LogP contribution in [-0.2, 0) is 0 Å². The molecule has 4 nitrogen and oxygen atoms in total. The van der Waals surface area contributed by atoms with Gasteiger partial charge in [-0.05, 0) is 50.1 Å². The highest BCUT2D eigenvalue weighted by Crippen LogP contribution is 2.30. The van der Waals surface area contributed by atoms with Crippen molar-refractivity contribution in [3.05, 3.63) is 54.6 Å². The lowest BCUT2D eigenvalue weighted by Gasteiger charge is -2.37. The number of hydrogen-bond donors (Lipinski definition) is 0. The van der Waals surface area contributed by atoms with E-state index in [9.17, 15) is 0 Å². The van der Waals surface area contributed by atoms with Crippen molar-refractivity contribution in [1.29, 1.82) is 0 Å². The number of para-hydroxylation sites is 2. The number of thiazole rings is 1. The van der Waals surface area contributed by atoms with Crippen LogP contribution in [0.5, 0.6) is 5.75 Å². The SMILES string of the molecule is CN(c1nc2ccccc2s1)C1CCCN(CCCOc2ccccc2)C1. The Morgan fingerprint density at radius 1 is 1.15 bits per heavy atom. The number of piperidine rings is 1. The molecule has 27 heavy (non-hydrogen) atoms. The van der Waals surface area contributed by atoms with Crippen LogP contribution in [0.15, 0.2) is 54.6 Å². The Balaban J connectivity index is 1.28. The molecule has 0 N–H and O–H groups in total. The van der Waals surface area contributed by atoms with Gasteiger partial charge in [-0.3, -0.25) is 0 Å². The van der Waals surface area contributed by atoms with E-state index in [-0.39, 0.29) is 0 Å². The van der Waals surface area contributed by atoms with Gasteiger partial charge in [0.05, 0.1) is 16.8 Å². The molecule has 1 saturated heterocycles. The van der Waals surface area contributed by atoms with Gasteiger partial charge in [-0.15, -0.1) is 0 Å². The molecular formula is C22H27N3OS. The topological polar surface area (TPSA) is 28.6 Å². The van der Waals surface area contributed by atoms with Crippen molar-refractivity contribution in [3.8, 4) is 5.75 Å². The number of ether oxygens (including phenoxy) is 1. The molecule has 0 amide bonds. The van der Waals surface area contributed by atoms with Gasteiger partial charge in [0.25, 0.3) is 0 Å². The van der Waals surface area contributed by atoms with Gasteiger partial charge >= 0.3 is 0 Å². The van der Waals surface area contributed by atoms with E-state index in [1.165, 1.54) is 24.1 Å². The van der Waals surface area contributed by atoms with Gasteiger partial charge < -0.3 is 14.5 Å². The third kappa shape index (κ3) is 4.60. The summed E-state index contributed by atoms with van der Waals surface area (Å²) in [5.41, 5.74) is 1.11. The van der Waals surface area contributed by atoms with Gasteiger partial charge in [-0.25, -0.2) is 4.98 Å². The lowest BCUT2D eigenvalue weighted by Crippen LogP contribution is -2.47. The molecule has 0 spiro atoms. The van der Waals surface area contributed by atoms with E-state index in [0.29, 0.717) is 6.04 Å². The fraction of sp³-hybridized carbons (Fsp3) is 0.409. The molecule has 2 heterocycles. The monoisotopic (exact) mass is 381 g/mol. The van der Waals surface area contributed by atoms with Crippen LogP contribution in [0.3, 0.4) is 0 Å². The van der Waals surface area contributed by atoms with Crippen molar-refractivity contribution < 1.29 is 4.74 Å².